The maximum absolute atomic E-state index is 12.0. The molecular formula is C22H24ClN2O3+. The molecule has 1 fully saturated rings. The molecule has 1 saturated heterocycles. The summed E-state index contributed by atoms with van der Waals surface area (Å²) in [6.07, 6.45) is 0.726. The van der Waals surface area contributed by atoms with Gasteiger partial charge in [-0.3, -0.25) is 0 Å². The number of anilines is 1. The monoisotopic (exact) mass is 399 g/mol. The lowest BCUT2D eigenvalue weighted by Gasteiger charge is -2.34. The molecule has 2 N–H and O–H groups in total. The van der Waals surface area contributed by atoms with Crippen molar-refractivity contribution in [1.82, 2.24) is 0 Å². The number of nitrogens with zero attached hydrogens (tertiary/aromatic N) is 1. The number of rotatable bonds is 4. The molecule has 0 bridgehead atoms. The van der Waals surface area contributed by atoms with Crippen molar-refractivity contribution in [3.05, 3.63) is 69.0 Å². The van der Waals surface area contributed by atoms with E-state index in [0.29, 0.717) is 5.58 Å². The third-order valence-corrected chi connectivity index (χ3v) is 5.83. The van der Waals surface area contributed by atoms with Gasteiger partial charge in [0.15, 0.2) is 0 Å². The molecule has 1 aliphatic rings. The highest BCUT2D eigenvalue weighted by Crippen LogP contribution is 2.27. The number of hydrogen-bond donors (Lipinski definition) is 2. The molecule has 0 aliphatic carbocycles. The zero-order valence-corrected chi connectivity index (χ0v) is 16.6. The minimum Gasteiger partial charge on any atom is -0.508 e. The van der Waals surface area contributed by atoms with Crippen molar-refractivity contribution < 1.29 is 14.4 Å². The molecule has 2 aromatic carbocycles. The second kappa shape index (κ2) is 7.86. The third-order valence-electron chi connectivity index (χ3n) is 5.51. The van der Waals surface area contributed by atoms with Gasteiger partial charge in [-0.25, -0.2) is 4.79 Å². The van der Waals surface area contributed by atoms with E-state index in [1.807, 2.05) is 31.2 Å². The fraction of sp³-hybridized carbons (Fsp3) is 0.318. The Balaban J connectivity index is 1.54. The predicted molar refractivity (Wildman–Crippen MR) is 112 cm³/mol. The van der Waals surface area contributed by atoms with Crippen LogP contribution >= 0.6 is 11.6 Å². The zero-order valence-electron chi connectivity index (χ0n) is 15.9. The van der Waals surface area contributed by atoms with Crippen LogP contribution < -0.4 is 15.4 Å². The molecule has 0 amide bonds. The molecule has 0 atom stereocenters. The van der Waals surface area contributed by atoms with Crippen LogP contribution in [-0.4, -0.2) is 31.3 Å². The van der Waals surface area contributed by atoms with Gasteiger partial charge in [0.25, 0.3) is 0 Å². The molecule has 28 heavy (non-hydrogen) atoms. The van der Waals surface area contributed by atoms with Crippen molar-refractivity contribution in [3.63, 3.8) is 0 Å². The topological polar surface area (TPSA) is 58.1 Å². The van der Waals surface area contributed by atoms with Crippen molar-refractivity contribution in [2.45, 2.75) is 19.9 Å². The van der Waals surface area contributed by atoms with Crippen LogP contribution in [0, 0.1) is 0 Å². The van der Waals surface area contributed by atoms with Crippen LogP contribution in [0.2, 0.25) is 5.02 Å². The first-order valence-electron chi connectivity index (χ1n) is 9.67. The quantitative estimate of drug-likeness (QED) is 0.662. The summed E-state index contributed by atoms with van der Waals surface area (Å²) in [7, 11) is 0. The van der Waals surface area contributed by atoms with E-state index in [1.54, 1.807) is 12.1 Å². The molecule has 4 rings (SSSR count). The highest BCUT2D eigenvalue weighted by molar-refractivity contribution is 6.33. The van der Waals surface area contributed by atoms with Gasteiger partial charge in [-0.1, -0.05) is 30.7 Å². The molecular weight excluding hydrogens is 376 g/mol. The standard InChI is InChI=1S/C22H23ClN2O3/c1-2-15-11-17-16(12-22(27)28-21(17)13-20(15)26)14-24-7-9-25(10-8-24)19-6-4-3-5-18(19)23/h3-6,11-13,26H,2,7-10,14H2,1H3/p+1. The largest absolute Gasteiger partial charge is 0.508 e. The van der Waals surface area contributed by atoms with Gasteiger partial charge in [0, 0.05) is 23.1 Å². The predicted octanol–water partition coefficient (Wildman–Crippen LogP) is 2.62. The first-order valence-corrected chi connectivity index (χ1v) is 10.0. The van der Waals surface area contributed by atoms with Crippen molar-refractivity contribution >= 4 is 28.3 Å². The summed E-state index contributed by atoms with van der Waals surface area (Å²) in [5, 5.41) is 11.8. The SMILES string of the molecule is CCc1cc2c(C[NH+]3CCN(c4ccccc4Cl)CC3)cc(=O)oc2cc1O. The van der Waals surface area contributed by atoms with Crippen molar-refractivity contribution in [2.75, 3.05) is 31.1 Å². The van der Waals surface area contributed by atoms with E-state index in [4.69, 9.17) is 16.0 Å². The normalized spacial score (nSPS) is 15.3. The zero-order chi connectivity index (χ0) is 19.7. The Kier molecular flexibility index (Phi) is 5.29. The lowest BCUT2D eigenvalue weighted by atomic mass is 10.0. The van der Waals surface area contributed by atoms with Crippen LogP contribution in [0.5, 0.6) is 5.75 Å². The second-order valence-electron chi connectivity index (χ2n) is 7.29. The molecule has 0 saturated carbocycles. The molecule has 1 aliphatic heterocycles. The molecule has 146 valence electrons. The molecule has 0 unspecified atom stereocenters. The molecule has 1 aromatic heterocycles. The summed E-state index contributed by atoms with van der Waals surface area (Å²) >= 11 is 6.33. The molecule has 6 heteroatoms. The van der Waals surface area contributed by atoms with Gasteiger partial charge in [-0.2, -0.15) is 0 Å². The van der Waals surface area contributed by atoms with Gasteiger partial charge in [-0.15, -0.1) is 0 Å². The Morgan fingerprint density at radius 1 is 1.14 bits per heavy atom. The van der Waals surface area contributed by atoms with Gasteiger partial charge >= 0.3 is 5.63 Å². The average molecular weight is 400 g/mol. The van der Waals surface area contributed by atoms with E-state index in [-0.39, 0.29) is 11.4 Å². The van der Waals surface area contributed by atoms with Crippen LogP contribution in [0.1, 0.15) is 18.1 Å². The lowest BCUT2D eigenvalue weighted by Crippen LogP contribution is -3.13. The number of piperazine rings is 1. The number of halogens is 1. The van der Waals surface area contributed by atoms with Gasteiger partial charge in [0.2, 0.25) is 0 Å². The van der Waals surface area contributed by atoms with E-state index in [9.17, 15) is 9.90 Å². The maximum Gasteiger partial charge on any atom is 0.336 e. The van der Waals surface area contributed by atoms with Crippen LogP contribution in [-0.2, 0) is 13.0 Å². The Labute approximate surface area is 168 Å². The number of nitrogens with one attached hydrogen (secondary N) is 1. The van der Waals surface area contributed by atoms with Gasteiger partial charge < -0.3 is 19.3 Å². The number of phenols is 1. The summed E-state index contributed by atoms with van der Waals surface area (Å²) in [6.45, 7) is 6.52. The van der Waals surface area contributed by atoms with Crippen LogP contribution in [0.25, 0.3) is 11.0 Å². The van der Waals surface area contributed by atoms with Crippen molar-refractivity contribution in [1.29, 1.82) is 0 Å². The smallest absolute Gasteiger partial charge is 0.336 e. The summed E-state index contributed by atoms with van der Waals surface area (Å²) < 4.78 is 5.31. The number of fused-ring (bicyclic) bond motifs is 1. The summed E-state index contributed by atoms with van der Waals surface area (Å²) in [5.74, 6) is 0.177. The van der Waals surface area contributed by atoms with E-state index < -0.39 is 0 Å². The number of phenolic OH excluding ortho intramolecular Hbond substituents is 1. The number of para-hydroxylation sites is 1. The minimum atomic E-state index is -0.375. The Morgan fingerprint density at radius 3 is 2.61 bits per heavy atom. The molecule has 5 nitrogen and oxygen atoms in total. The fourth-order valence-electron chi connectivity index (χ4n) is 3.95. The summed E-state index contributed by atoms with van der Waals surface area (Å²) in [5.41, 5.74) is 2.99. The van der Waals surface area contributed by atoms with Crippen molar-refractivity contribution in [3.8, 4) is 5.75 Å². The van der Waals surface area contributed by atoms with Crippen LogP contribution in [0.4, 0.5) is 5.69 Å². The second-order valence-corrected chi connectivity index (χ2v) is 7.69. The van der Waals surface area contributed by atoms with Gasteiger partial charge in [0.1, 0.15) is 17.9 Å². The molecule has 2 heterocycles. The highest BCUT2D eigenvalue weighted by Gasteiger charge is 2.23. The Hall–Kier alpha value is -2.50. The maximum atomic E-state index is 12.0. The van der Waals surface area contributed by atoms with E-state index in [1.165, 1.54) is 4.90 Å². The van der Waals surface area contributed by atoms with E-state index in [0.717, 1.165) is 66.4 Å². The Bertz CT molecular complexity index is 1060. The first kappa shape index (κ1) is 18.8. The summed E-state index contributed by atoms with van der Waals surface area (Å²) in [6, 6.07) is 13.0. The number of aryl methyl sites for hydroxylation is 1. The molecule has 0 radical (unpaired) electrons. The van der Waals surface area contributed by atoms with Crippen LogP contribution in [0.3, 0.4) is 0 Å². The average Bonchev–Trinajstić information content (AvgIpc) is 2.68. The minimum absolute atomic E-state index is 0.177. The number of quaternary nitrogens is 1. The fourth-order valence-corrected chi connectivity index (χ4v) is 4.21. The Morgan fingerprint density at radius 2 is 1.89 bits per heavy atom. The molecule has 3 aromatic rings. The first-order chi connectivity index (χ1) is 13.5. The lowest BCUT2D eigenvalue weighted by molar-refractivity contribution is -0.914. The van der Waals surface area contributed by atoms with E-state index in [2.05, 4.69) is 11.0 Å². The third kappa shape index (κ3) is 3.73. The van der Waals surface area contributed by atoms with Crippen molar-refractivity contribution in [2.24, 2.45) is 0 Å². The number of aromatic hydroxyl groups is 1. The van der Waals surface area contributed by atoms with E-state index >= 15 is 0 Å². The van der Waals surface area contributed by atoms with Gasteiger partial charge in [0.05, 0.1) is 36.9 Å². The summed E-state index contributed by atoms with van der Waals surface area (Å²) in [4.78, 5) is 15.7. The number of hydrogen-bond acceptors (Lipinski definition) is 4. The highest BCUT2D eigenvalue weighted by atomic mass is 35.5. The molecule has 0 spiro atoms. The number of benzene rings is 2. The van der Waals surface area contributed by atoms with Gasteiger partial charge in [-0.05, 0) is 30.2 Å². The van der Waals surface area contributed by atoms with Crippen LogP contribution in [0.15, 0.2) is 51.7 Å².